The molecule has 2 heterocycles. The van der Waals surface area contributed by atoms with E-state index in [-0.39, 0.29) is 12.1 Å². The Morgan fingerprint density at radius 1 is 1.27 bits per heavy atom. The zero-order valence-electron chi connectivity index (χ0n) is 12.8. The van der Waals surface area contributed by atoms with Gasteiger partial charge in [0.15, 0.2) is 0 Å². The number of ether oxygens (including phenoxy) is 1. The molecule has 3 aliphatic rings. The van der Waals surface area contributed by atoms with Gasteiger partial charge in [0.25, 0.3) is 0 Å². The van der Waals surface area contributed by atoms with E-state index < -0.39 is 0 Å². The highest BCUT2D eigenvalue weighted by Crippen LogP contribution is 2.28. The highest BCUT2D eigenvalue weighted by molar-refractivity contribution is 5.94. The second-order valence-electron chi connectivity index (χ2n) is 6.44. The summed E-state index contributed by atoms with van der Waals surface area (Å²) >= 11 is 0. The van der Waals surface area contributed by atoms with Crippen LogP contribution in [0.25, 0.3) is 0 Å². The fraction of sp³-hybridized carbons (Fsp3) is 0.588. The Morgan fingerprint density at radius 3 is 3.00 bits per heavy atom. The van der Waals surface area contributed by atoms with Crippen LogP contribution in [0.5, 0.6) is 0 Å². The Morgan fingerprint density at radius 2 is 2.14 bits per heavy atom. The minimum absolute atomic E-state index is 0.00269. The van der Waals surface area contributed by atoms with Gasteiger partial charge in [0, 0.05) is 37.9 Å². The molecular formula is C17H23N3O2. The number of carbonyl (C=O) groups excluding carboxylic acids is 1. The molecule has 1 aliphatic carbocycles. The standard InChI is InChI=1S/C17H23N3O2/c21-17(20-8-7-13-3-1-2-4-16(13)20)18-11-15-12-19(9-10-22-15)14-5-6-14/h1-4,14-15H,5-12H2,(H,18,21)/t15-/m1/s1. The van der Waals surface area contributed by atoms with Crippen molar-refractivity contribution in [2.75, 3.05) is 37.7 Å². The van der Waals surface area contributed by atoms with Crippen LogP contribution in [0.2, 0.25) is 0 Å². The molecule has 0 spiro atoms. The molecule has 1 N–H and O–H groups in total. The van der Waals surface area contributed by atoms with E-state index >= 15 is 0 Å². The molecule has 1 atom stereocenters. The SMILES string of the molecule is O=C(NC[C@@H]1CN(C2CC2)CCO1)N1CCc2ccccc21. The van der Waals surface area contributed by atoms with Crippen molar-refractivity contribution in [3.8, 4) is 0 Å². The third-order valence-corrected chi connectivity index (χ3v) is 4.85. The number of hydrogen-bond acceptors (Lipinski definition) is 3. The summed E-state index contributed by atoms with van der Waals surface area (Å²) in [6.07, 6.45) is 3.71. The number of carbonyl (C=O) groups is 1. The van der Waals surface area contributed by atoms with E-state index in [1.54, 1.807) is 0 Å². The number of urea groups is 1. The molecule has 5 nitrogen and oxygen atoms in total. The van der Waals surface area contributed by atoms with Crippen molar-refractivity contribution in [1.82, 2.24) is 10.2 Å². The van der Waals surface area contributed by atoms with Gasteiger partial charge in [-0.1, -0.05) is 18.2 Å². The van der Waals surface area contributed by atoms with Crippen molar-refractivity contribution in [1.29, 1.82) is 0 Å². The summed E-state index contributed by atoms with van der Waals surface area (Å²) in [7, 11) is 0. The maximum Gasteiger partial charge on any atom is 0.321 e. The number of nitrogens with zero attached hydrogens (tertiary/aromatic N) is 2. The quantitative estimate of drug-likeness (QED) is 0.923. The zero-order chi connectivity index (χ0) is 14.9. The normalized spacial score (nSPS) is 25.1. The van der Waals surface area contributed by atoms with Gasteiger partial charge in [-0.05, 0) is 30.9 Å². The lowest BCUT2D eigenvalue weighted by Crippen LogP contribution is -2.50. The van der Waals surface area contributed by atoms with Crippen LogP contribution in [-0.2, 0) is 11.2 Å². The maximum atomic E-state index is 12.4. The molecule has 22 heavy (non-hydrogen) atoms. The van der Waals surface area contributed by atoms with Crippen LogP contribution < -0.4 is 10.2 Å². The monoisotopic (exact) mass is 301 g/mol. The molecule has 0 bridgehead atoms. The van der Waals surface area contributed by atoms with E-state index in [9.17, 15) is 4.79 Å². The summed E-state index contributed by atoms with van der Waals surface area (Å²) in [6.45, 7) is 4.13. The van der Waals surface area contributed by atoms with Crippen LogP contribution in [-0.4, -0.2) is 55.9 Å². The van der Waals surface area contributed by atoms with Crippen LogP contribution >= 0.6 is 0 Å². The summed E-state index contributed by atoms with van der Waals surface area (Å²) in [4.78, 5) is 16.8. The van der Waals surface area contributed by atoms with E-state index in [2.05, 4.69) is 16.3 Å². The Bertz CT molecular complexity index is 559. The molecule has 0 radical (unpaired) electrons. The average Bonchev–Trinajstić information content (AvgIpc) is 3.32. The first-order chi connectivity index (χ1) is 10.8. The van der Waals surface area contributed by atoms with Crippen LogP contribution in [0.4, 0.5) is 10.5 Å². The lowest BCUT2D eigenvalue weighted by atomic mass is 10.2. The number of rotatable bonds is 3. The molecule has 0 aromatic heterocycles. The minimum atomic E-state index is -0.00269. The van der Waals surface area contributed by atoms with Crippen LogP contribution in [0, 0.1) is 0 Å². The molecule has 2 aliphatic heterocycles. The highest BCUT2D eigenvalue weighted by atomic mass is 16.5. The largest absolute Gasteiger partial charge is 0.374 e. The van der Waals surface area contributed by atoms with Crippen molar-refractivity contribution in [2.45, 2.75) is 31.4 Å². The second-order valence-corrected chi connectivity index (χ2v) is 6.44. The van der Waals surface area contributed by atoms with Gasteiger partial charge in [0.1, 0.15) is 0 Å². The van der Waals surface area contributed by atoms with Crippen molar-refractivity contribution < 1.29 is 9.53 Å². The first kappa shape index (κ1) is 14.0. The molecule has 0 unspecified atom stereocenters. The summed E-state index contributed by atoms with van der Waals surface area (Å²) in [5.74, 6) is 0. The Labute approximate surface area is 131 Å². The lowest BCUT2D eigenvalue weighted by molar-refractivity contribution is -0.0287. The predicted octanol–water partition coefficient (Wildman–Crippen LogP) is 1.62. The Kier molecular flexibility index (Phi) is 3.76. The fourth-order valence-electron chi connectivity index (χ4n) is 3.48. The number of para-hydroxylation sites is 1. The second kappa shape index (κ2) is 5.89. The summed E-state index contributed by atoms with van der Waals surface area (Å²) in [5, 5.41) is 3.05. The fourth-order valence-corrected chi connectivity index (χ4v) is 3.48. The average molecular weight is 301 g/mol. The van der Waals surface area contributed by atoms with Crippen LogP contribution in [0.3, 0.4) is 0 Å². The van der Waals surface area contributed by atoms with E-state index in [1.165, 1.54) is 18.4 Å². The smallest absolute Gasteiger partial charge is 0.321 e. The predicted molar refractivity (Wildman–Crippen MR) is 85.2 cm³/mol. The first-order valence-corrected chi connectivity index (χ1v) is 8.30. The van der Waals surface area contributed by atoms with Crippen molar-refractivity contribution in [3.63, 3.8) is 0 Å². The topological polar surface area (TPSA) is 44.8 Å². The number of anilines is 1. The Balaban J connectivity index is 1.31. The minimum Gasteiger partial charge on any atom is -0.374 e. The molecular weight excluding hydrogens is 278 g/mol. The third kappa shape index (κ3) is 2.83. The number of benzene rings is 1. The molecule has 1 aromatic rings. The van der Waals surface area contributed by atoms with E-state index in [1.807, 2.05) is 23.1 Å². The maximum absolute atomic E-state index is 12.4. The van der Waals surface area contributed by atoms with Gasteiger partial charge in [-0.15, -0.1) is 0 Å². The summed E-state index contributed by atoms with van der Waals surface area (Å²) in [6, 6.07) is 8.91. The van der Waals surface area contributed by atoms with Gasteiger partial charge in [-0.2, -0.15) is 0 Å². The molecule has 2 fully saturated rings. The third-order valence-electron chi connectivity index (χ3n) is 4.85. The van der Waals surface area contributed by atoms with E-state index in [0.29, 0.717) is 6.54 Å². The van der Waals surface area contributed by atoms with Crippen molar-refractivity contribution >= 4 is 11.7 Å². The molecule has 2 amide bonds. The number of hydrogen-bond donors (Lipinski definition) is 1. The zero-order valence-corrected chi connectivity index (χ0v) is 12.8. The highest BCUT2D eigenvalue weighted by Gasteiger charge is 2.33. The molecule has 5 heteroatoms. The van der Waals surface area contributed by atoms with Gasteiger partial charge < -0.3 is 10.1 Å². The van der Waals surface area contributed by atoms with Gasteiger partial charge in [-0.3, -0.25) is 9.80 Å². The summed E-state index contributed by atoms with van der Waals surface area (Å²) in [5.41, 5.74) is 2.30. The van der Waals surface area contributed by atoms with Crippen molar-refractivity contribution in [2.24, 2.45) is 0 Å². The van der Waals surface area contributed by atoms with Crippen LogP contribution in [0.15, 0.2) is 24.3 Å². The van der Waals surface area contributed by atoms with Gasteiger partial charge in [0.2, 0.25) is 0 Å². The van der Waals surface area contributed by atoms with E-state index in [0.717, 1.165) is 44.4 Å². The first-order valence-electron chi connectivity index (χ1n) is 8.30. The number of nitrogens with one attached hydrogen (secondary N) is 1. The van der Waals surface area contributed by atoms with Crippen molar-refractivity contribution in [3.05, 3.63) is 29.8 Å². The van der Waals surface area contributed by atoms with Gasteiger partial charge in [-0.25, -0.2) is 4.79 Å². The Hall–Kier alpha value is -1.59. The molecule has 1 aromatic carbocycles. The van der Waals surface area contributed by atoms with Crippen LogP contribution in [0.1, 0.15) is 18.4 Å². The number of amides is 2. The number of morpholine rings is 1. The molecule has 1 saturated carbocycles. The van der Waals surface area contributed by atoms with Gasteiger partial charge >= 0.3 is 6.03 Å². The molecule has 1 saturated heterocycles. The number of fused-ring (bicyclic) bond motifs is 1. The van der Waals surface area contributed by atoms with Gasteiger partial charge in [0.05, 0.1) is 12.7 Å². The molecule has 4 rings (SSSR count). The lowest BCUT2D eigenvalue weighted by Gasteiger charge is -2.33. The summed E-state index contributed by atoms with van der Waals surface area (Å²) < 4.78 is 5.79. The molecule has 118 valence electrons. The van der Waals surface area contributed by atoms with E-state index in [4.69, 9.17) is 4.74 Å².